The van der Waals surface area contributed by atoms with E-state index in [0.29, 0.717) is 0 Å². The topological polar surface area (TPSA) is 148 Å². The molecule has 2 aromatic carbocycles. The Kier molecular flexibility index (Phi) is 7.18. The minimum absolute atomic E-state index is 0.167. The first-order valence-electron chi connectivity index (χ1n) is 9.54. The fraction of sp³-hybridized carbons (Fsp3) is 0.250. The van der Waals surface area contributed by atoms with Gasteiger partial charge in [-0.25, -0.2) is 12.8 Å². The van der Waals surface area contributed by atoms with Crippen LogP contribution >= 0.6 is 0 Å². The van der Waals surface area contributed by atoms with Crippen molar-refractivity contribution in [3.05, 3.63) is 59.4 Å². The van der Waals surface area contributed by atoms with Gasteiger partial charge in [0, 0.05) is 24.3 Å². The molecule has 0 radical (unpaired) electrons. The van der Waals surface area contributed by atoms with Crippen molar-refractivity contribution >= 4 is 33.4 Å². The lowest BCUT2D eigenvalue weighted by atomic mass is 10.1. The quantitative estimate of drug-likeness (QED) is 0.537. The van der Waals surface area contributed by atoms with E-state index in [1.807, 2.05) is 0 Å². The number of anilines is 1. The number of sulfonamides is 1. The summed E-state index contributed by atoms with van der Waals surface area (Å²) >= 11 is 0. The number of hydrogen-bond donors (Lipinski definition) is 3. The monoisotopic (exact) mass is 464 g/mol. The van der Waals surface area contributed by atoms with E-state index in [1.54, 1.807) is 0 Å². The molecular weight excluding hydrogens is 443 g/mol. The van der Waals surface area contributed by atoms with Crippen molar-refractivity contribution in [3.63, 3.8) is 0 Å². The molecule has 3 amide bonds. The Morgan fingerprint density at radius 2 is 1.69 bits per heavy atom. The summed E-state index contributed by atoms with van der Waals surface area (Å²) in [6.45, 7) is 0.524. The Labute approximate surface area is 183 Å². The summed E-state index contributed by atoms with van der Waals surface area (Å²) in [5, 5.41) is 4.78. The second-order valence-electron chi connectivity index (χ2n) is 6.84. The number of rotatable bonds is 7. The van der Waals surface area contributed by atoms with Crippen LogP contribution in [-0.2, 0) is 19.6 Å². The number of hydrogen-bond acceptors (Lipinski definition) is 6. The number of ether oxygens (including phenoxy) is 1. The van der Waals surface area contributed by atoms with Gasteiger partial charge >= 0.3 is 0 Å². The highest BCUT2D eigenvalue weighted by Crippen LogP contribution is 2.21. The number of primary amides is 1. The number of carbonyl (C=O) groups is 3. The Balaban J connectivity index is 1.74. The number of nitrogens with two attached hydrogens (primary N) is 1. The molecular formula is C20H21FN4O6S. The van der Waals surface area contributed by atoms with Gasteiger partial charge in [-0.3, -0.25) is 14.4 Å². The Hall–Kier alpha value is -3.35. The summed E-state index contributed by atoms with van der Waals surface area (Å²) in [5.74, 6) is -2.96. The van der Waals surface area contributed by atoms with Gasteiger partial charge in [0.15, 0.2) is 0 Å². The zero-order valence-electron chi connectivity index (χ0n) is 16.8. The van der Waals surface area contributed by atoms with E-state index in [4.69, 9.17) is 10.5 Å². The molecule has 1 saturated heterocycles. The Morgan fingerprint density at radius 1 is 1.03 bits per heavy atom. The average Bonchev–Trinajstić information content (AvgIpc) is 2.78. The van der Waals surface area contributed by atoms with Gasteiger partial charge in [-0.15, -0.1) is 0 Å². The standard InChI is InChI=1S/C20H21FN4O6S/c21-17-6-5-15(32(29,30)25-7-9-31-10-8-25)11-16(17)20(28)24-14-3-1-13(2-4-14)19(27)23-12-18(22)26/h1-6,11H,7-10,12H2,(H2,22,26)(H,23,27)(H,24,28). The summed E-state index contributed by atoms with van der Waals surface area (Å²) in [4.78, 5) is 35.0. The number of benzene rings is 2. The molecule has 1 heterocycles. The molecule has 1 fully saturated rings. The van der Waals surface area contributed by atoms with Gasteiger partial charge in [0.1, 0.15) is 5.82 Å². The van der Waals surface area contributed by atoms with Gasteiger partial charge in [0.05, 0.1) is 30.2 Å². The molecule has 0 unspecified atom stereocenters. The van der Waals surface area contributed by atoms with E-state index in [2.05, 4.69) is 10.6 Å². The highest BCUT2D eigenvalue weighted by atomic mass is 32.2. The predicted molar refractivity (Wildman–Crippen MR) is 112 cm³/mol. The summed E-state index contributed by atoms with van der Waals surface area (Å²) in [6, 6.07) is 8.61. The van der Waals surface area contributed by atoms with E-state index in [9.17, 15) is 27.2 Å². The maximum absolute atomic E-state index is 14.3. The van der Waals surface area contributed by atoms with Gasteiger partial charge in [-0.05, 0) is 42.5 Å². The number of nitrogens with one attached hydrogen (secondary N) is 2. The molecule has 1 aliphatic heterocycles. The van der Waals surface area contributed by atoms with Crippen LogP contribution in [0.15, 0.2) is 47.4 Å². The lowest BCUT2D eigenvalue weighted by Gasteiger charge is -2.26. The maximum atomic E-state index is 14.3. The fourth-order valence-corrected chi connectivity index (χ4v) is 4.38. The van der Waals surface area contributed by atoms with Crippen molar-refractivity contribution < 1.29 is 31.9 Å². The molecule has 32 heavy (non-hydrogen) atoms. The SMILES string of the molecule is NC(=O)CNC(=O)c1ccc(NC(=O)c2cc(S(=O)(=O)N3CCOCC3)ccc2F)cc1. The van der Waals surface area contributed by atoms with Crippen molar-refractivity contribution in [2.75, 3.05) is 38.2 Å². The lowest BCUT2D eigenvalue weighted by Crippen LogP contribution is -2.40. The summed E-state index contributed by atoms with van der Waals surface area (Å²) in [6.07, 6.45) is 0. The second-order valence-corrected chi connectivity index (χ2v) is 8.78. The molecule has 3 rings (SSSR count). The van der Waals surface area contributed by atoms with Crippen LogP contribution in [0.1, 0.15) is 20.7 Å². The van der Waals surface area contributed by atoms with E-state index in [1.165, 1.54) is 28.6 Å². The van der Waals surface area contributed by atoms with E-state index >= 15 is 0 Å². The molecule has 12 heteroatoms. The third-order valence-corrected chi connectivity index (χ3v) is 6.51. The smallest absolute Gasteiger partial charge is 0.258 e. The van der Waals surface area contributed by atoms with Crippen molar-refractivity contribution in [1.82, 2.24) is 9.62 Å². The van der Waals surface area contributed by atoms with Crippen LogP contribution in [-0.4, -0.2) is 63.3 Å². The van der Waals surface area contributed by atoms with Gasteiger partial charge in [0.2, 0.25) is 15.9 Å². The highest BCUT2D eigenvalue weighted by molar-refractivity contribution is 7.89. The van der Waals surface area contributed by atoms with Crippen molar-refractivity contribution in [1.29, 1.82) is 0 Å². The number of morpholine rings is 1. The minimum Gasteiger partial charge on any atom is -0.379 e. The number of carbonyl (C=O) groups excluding carboxylic acids is 3. The summed E-state index contributed by atoms with van der Waals surface area (Å²) in [7, 11) is -3.91. The predicted octanol–water partition coefficient (Wildman–Crippen LogP) is 0.314. The van der Waals surface area contributed by atoms with Crippen LogP contribution in [0, 0.1) is 5.82 Å². The van der Waals surface area contributed by atoms with Crippen LogP contribution in [0.5, 0.6) is 0 Å². The third-order valence-electron chi connectivity index (χ3n) is 4.62. The van der Waals surface area contributed by atoms with Gasteiger partial charge < -0.3 is 21.1 Å². The fourth-order valence-electron chi connectivity index (χ4n) is 2.95. The first-order chi connectivity index (χ1) is 15.2. The molecule has 170 valence electrons. The van der Waals surface area contributed by atoms with Crippen LogP contribution in [0.4, 0.5) is 10.1 Å². The third kappa shape index (κ3) is 5.46. The minimum atomic E-state index is -3.91. The van der Waals surface area contributed by atoms with Gasteiger partial charge in [-0.2, -0.15) is 4.31 Å². The van der Waals surface area contributed by atoms with Crippen LogP contribution < -0.4 is 16.4 Å². The Bertz CT molecular complexity index is 1130. The van der Waals surface area contributed by atoms with Gasteiger partial charge in [0.25, 0.3) is 11.8 Å². The molecule has 0 atom stereocenters. The maximum Gasteiger partial charge on any atom is 0.258 e. The lowest BCUT2D eigenvalue weighted by molar-refractivity contribution is -0.117. The summed E-state index contributed by atoms with van der Waals surface area (Å²) in [5.41, 5.74) is 4.99. The molecule has 0 aromatic heterocycles. The van der Waals surface area contributed by atoms with E-state index in [-0.39, 0.29) is 49.0 Å². The first-order valence-corrected chi connectivity index (χ1v) is 11.0. The van der Waals surface area contributed by atoms with Crippen LogP contribution in [0.25, 0.3) is 0 Å². The molecule has 0 aliphatic carbocycles. The zero-order valence-corrected chi connectivity index (χ0v) is 17.7. The largest absolute Gasteiger partial charge is 0.379 e. The number of nitrogens with zero attached hydrogens (tertiary/aromatic N) is 1. The number of halogens is 1. The molecule has 0 bridgehead atoms. The molecule has 0 saturated carbocycles. The van der Waals surface area contributed by atoms with Crippen molar-refractivity contribution in [3.8, 4) is 0 Å². The van der Waals surface area contributed by atoms with Crippen molar-refractivity contribution in [2.45, 2.75) is 4.90 Å². The van der Waals surface area contributed by atoms with Crippen LogP contribution in [0.2, 0.25) is 0 Å². The molecule has 1 aliphatic rings. The van der Waals surface area contributed by atoms with Crippen molar-refractivity contribution in [2.24, 2.45) is 5.73 Å². The summed E-state index contributed by atoms with van der Waals surface area (Å²) < 4.78 is 46.2. The van der Waals surface area contributed by atoms with Crippen LogP contribution in [0.3, 0.4) is 0 Å². The number of amides is 3. The zero-order chi connectivity index (χ0) is 23.3. The molecule has 2 aromatic rings. The second kappa shape index (κ2) is 9.85. The Morgan fingerprint density at radius 3 is 2.31 bits per heavy atom. The average molecular weight is 464 g/mol. The van der Waals surface area contributed by atoms with E-state index in [0.717, 1.165) is 18.2 Å². The molecule has 10 nitrogen and oxygen atoms in total. The molecule has 0 spiro atoms. The van der Waals surface area contributed by atoms with E-state index < -0.39 is 39.1 Å². The first kappa shape index (κ1) is 23.3. The highest BCUT2D eigenvalue weighted by Gasteiger charge is 2.28. The normalized spacial score (nSPS) is 14.5. The molecule has 4 N–H and O–H groups in total. The van der Waals surface area contributed by atoms with Gasteiger partial charge in [-0.1, -0.05) is 0 Å².